The zero-order valence-corrected chi connectivity index (χ0v) is 13.1. The average Bonchev–Trinajstić information content (AvgIpc) is 2.46. The van der Waals surface area contributed by atoms with Crippen LogP contribution in [0.15, 0.2) is 30.3 Å². The Bertz CT molecular complexity index is 407. The second kappa shape index (κ2) is 9.53. The van der Waals surface area contributed by atoms with Gasteiger partial charge in [-0.05, 0) is 36.8 Å². The van der Waals surface area contributed by atoms with E-state index in [9.17, 15) is 9.90 Å². The van der Waals surface area contributed by atoms with Crippen molar-refractivity contribution in [3.63, 3.8) is 0 Å². The van der Waals surface area contributed by atoms with Crippen molar-refractivity contribution in [3.8, 4) is 0 Å². The SMILES string of the molecule is CC(C)C[C@H](CN)CC(=O)N[C@H](CO)Cc1ccccc1. The lowest BCUT2D eigenvalue weighted by molar-refractivity contribution is -0.123. The average molecular weight is 292 g/mol. The first-order chi connectivity index (χ1) is 10.0. The molecule has 0 bridgehead atoms. The molecule has 1 amide bonds. The van der Waals surface area contributed by atoms with Gasteiger partial charge in [-0.2, -0.15) is 0 Å². The van der Waals surface area contributed by atoms with Crippen molar-refractivity contribution in [2.45, 2.75) is 39.2 Å². The fourth-order valence-corrected chi connectivity index (χ4v) is 2.54. The van der Waals surface area contributed by atoms with Crippen LogP contribution in [0, 0.1) is 11.8 Å². The Balaban J connectivity index is 2.46. The number of aliphatic hydroxyl groups excluding tert-OH is 1. The molecule has 0 spiro atoms. The fourth-order valence-electron chi connectivity index (χ4n) is 2.54. The number of hydrogen-bond acceptors (Lipinski definition) is 3. The molecule has 0 fully saturated rings. The van der Waals surface area contributed by atoms with Gasteiger partial charge in [0.1, 0.15) is 0 Å². The van der Waals surface area contributed by atoms with E-state index in [4.69, 9.17) is 5.73 Å². The maximum Gasteiger partial charge on any atom is 0.220 e. The Morgan fingerprint density at radius 2 is 1.95 bits per heavy atom. The summed E-state index contributed by atoms with van der Waals surface area (Å²) >= 11 is 0. The van der Waals surface area contributed by atoms with Crippen LogP contribution >= 0.6 is 0 Å². The molecule has 1 aromatic rings. The summed E-state index contributed by atoms with van der Waals surface area (Å²) in [5.41, 5.74) is 6.83. The molecule has 0 saturated heterocycles. The lowest BCUT2D eigenvalue weighted by Gasteiger charge is -2.20. The normalized spacial score (nSPS) is 14.0. The molecule has 0 heterocycles. The summed E-state index contributed by atoms with van der Waals surface area (Å²) in [5.74, 6) is 0.714. The summed E-state index contributed by atoms with van der Waals surface area (Å²) in [6.07, 6.45) is 2.02. The number of benzene rings is 1. The van der Waals surface area contributed by atoms with E-state index in [0.29, 0.717) is 25.3 Å². The molecular formula is C17H28N2O2. The highest BCUT2D eigenvalue weighted by atomic mass is 16.3. The number of nitrogens with one attached hydrogen (secondary N) is 1. The minimum atomic E-state index is -0.239. The Labute approximate surface area is 127 Å². The zero-order valence-electron chi connectivity index (χ0n) is 13.1. The van der Waals surface area contributed by atoms with Gasteiger partial charge >= 0.3 is 0 Å². The molecular weight excluding hydrogens is 264 g/mol. The first-order valence-electron chi connectivity index (χ1n) is 7.69. The predicted molar refractivity (Wildman–Crippen MR) is 85.8 cm³/mol. The highest BCUT2D eigenvalue weighted by Gasteiger charge is 2.17. The molecule has 1 rings (SSSR count). The molecule has 0 aromatic heterocycles. The summed E-state index contributed by atoms with van der Waals surface area (Å²) in [6, 6.07) is 9.62. The molecule has 0 aliphatic rings. The molecule has 21 heavy (non-hydrogen) atoms. The van der Waals surface area contributed by atoms with E-state index in [1.54, 1.807) is 0 Å². The Morgan fingerprint density at radius 3 is 2.48 bits per heavy atom. The van der Waals surface area contributed by atoms with Crippen molar-refractivity contribution in [3.05, 3.63) is 35.9 Å². The summed E-state index contributed by atoms with van der Waals surface area (Å²) in [5, 5.41) is 12.3. The largest absolute Gasteiger partial charge is 0.394 e. The molecule has 4 N–H and O–H groups in total. The number of carbonyl (C=O) groups is 1. The standard InChI is InChI=1S/C17H28N2O2/c1-13(2)8-15(11-18)10-17(21)19-16(12-20)9-14-6-4-3-5-7-14/h3-7,13,15-16,20H,8-12,18H2,1-2H3,(H,19,21)/t15-,16-/m0/s1. The molecule has 1 aromatic carbocycles. The molecule has 0 unspecified atom stereocenters. The van der Waals surface area contributed by atoms with Gasteiger partial charge in [0.25, 0.3) is 0 Å². The van der Waals surface area contributed by atoms with E-state index in [0.717, 1.165) is 12.0 Å². The van der Waals surface area contributed by atoms with Crippen LogP contribution in [0.2, 0.25) is 0 Å². The minimum absolute atomic E-state index is 0.0268. The van der Waals surface area contributed by atoms with Crippen molar-refractivity contribution < 1.29 is 9.90 Å². The Kier molecular flexibility index (Phi) is 8.01. The van der Waals surface area contributed by atoms with Gasteiger partial charge in [-0.3, -0.25) is 4.79 Å². The maximum absolute atomic E-state index is 12.1. The van der Waals surface area contributed by atoms with Crippen LogP contribution in [0.1, 0.15) is 32.3 Å². The smallest absolute Gasteiger partial charge is 0.220 e. The van der Waals surface area contributed by atoms with Crippen molar-refractivity contribution in [1.29, 1.82) is 0 Å². The monoisotopic (exact) mass is 292 g/mol. The molecule has 0 saturated carbocycles. The topological polar surface area (TPSA) is 75.4 Å². The zero-order chi connectivity index (χ0) is 15.7. The predicted octanol–water partition coefficient (Wildman–Crippen LogP) is 1.72. The second-order valence-electron chi connectivity index (χ2n) is 6.07. The number of nitrogens with two attached hydrogens (primary N) is 1. The fraction of sp³-hybridized carbons (Fsp3) is 0.588. The minimum Gasteiger partial charge on any atom is -0.394 e. The molecule has 2 atom stereocenters. The third-order valence-corrected chi connectivity index (χ3v) is 3.52. The summed E-state index contributed by atoms with van der Waals surface area (Å²) < 4.78 is 0. The highest BCUT2D eigenvalue weighted by molar-refractivity contribution is 5.76. The second-order valence-corrected chi connectivity index (χ2v) is 6.07. The number of hydrogen-bond donors (Lipinski definition) is 3. The quantitative estimate of drug-likeness (QED) is 0.648. The molecule has 4 heteroatoms. The molecule has 0 aliphatic heterocycles. The van der Waals surface area contributed by atoms with Gasteiger partial charge in [0.05, 0.1) is 12.6 Å². The third kappa shape index (κ3) is 7.25. The number of aliphatic hydroxyl groups is 1. The van der Waals surface area contributed by atoms with Gasteiger partial charge in [0.15, 0.2) is 0 Å². The highest BCUT2D eigenvalue weighted by Crippen LogP contribution is 2.14. The maximum atomic E-state index is 12.1. The summed E-state index contributed by atoms with van der Waals surface area (Å²) in [4.78, 5) is 12.1. The first-order valence-corrected chi connectivity index (χ1v) is 7.69. The van der Waals surface area contributed by atoms with Crippen LogP contribution in [-0.2, 0) is 11.2 Å². The van der Waals surface area contributed by atoms with Gasteiger partial charge in [0, 0.05) is 6.42 Å². The number of amides is 1. The van der Waals surface area contributed by atoms with Gasteiger partial charge in [-0.1, -0.05) is 44.2 Å². The Morgan fingerprint density at radius 1 is 1.29 bits per heavy atom. The summed E-state index contributed by atoms with van der Waals surface area (Å²) in [7, 11) is 0. The first kappa shape index (κ1) is 17.7. The third-order valence-electron chi connectivity index (χ3n) is 3.52. The lowest BCUT2D eigenvalue weighted by atomic mass is 9.94. The van der Waals surface area contributed by atoms with E-state index in [-0.39, 0.29) is 24.5 Å². The van der Waals surface area contributed by atoms with Crippen LogP contribution in [0.5, 0.6) is 0 Å². The van der Waals surface area contributed by atoms with Crippen LogP contribution < -0.4 is 11.1 Å². The van der Waals surface area contributed by atoms with E-state index in [1.165, 1.54) is 0 Å². The van der Waals surface area contributed by atoms with Crippen LogP contribution in [0.4, 0.5) is 0 Å². The van der Waals surface area contributed by atoms with Gasteiger partial charge in [-0.15, -0.1) is 0 Å². The number of rotatable bonds is 9. The van der Waals surface area contributed by atoms with Crippen molar-refractivity contribution in [2.24, 2.45) is 17.6 Å². The van der Waals surface area contributed by atoms with E-state index >= 15 is 0 Å². The van der Waals surface area contributed by atoms with Crippen LogP contribution in [0.25, 0.3) is 0 Å². The van der Waals surface area contributed by atoms with Crippen LogP contribution in [0.3, 0.4) is 0 Å². The van der Waals surface area contributed by atoms with E-state index in [2.05, 4.69) is 19.2 Å². The van der Waals surface area contributed by atoms with E-state index < -0.39 is 0 Å². The molecule has 0 radical (unpaired) electrons. The molecule has 4 nitrogen and oxygen atoms in total. The van der Waals surface area contributed by atoms with Crippen molar-refractivity contribution in [2.75, 3.05) is 13.2 Å². The lowest BCUT2D eigenvalue weighted by Crippen LogP contribution is -2.40. The molecule has 118 valence electrons. The molecule has 0 aliphatic carbocycles. The van der Waals surface area contributed by atoms with Gasteiger partial charge in [0.2, 0.25) is 5.91 Å². The van der Waals surface area contributed by atoms with Crippen molar-refractivity contribution in [1.82, 2.24) is 5.32 Å². The van der Waals surface area contributed by atoms with Crippen molar-refractivity contribution >= 4 is 5.91 Å². The van der Waals surface area contributed by atoms with E-state index in [1.807, 2.05) is 30.3 Å². The van der Waals surface area contributed by atoms with Crippen LogP contribution in [-0.4, -0.2) is 30.2 Å². The number of carbonyl (C=O) groups excluding carboxylic acids is 1. The summed E-state index contributed by atoms with van der Waals surface area (Å²) in [6.45, 7) is 4.73. The van der Waals surface area contributed by atoms with Gasteiger partial charge < -0.3 is 16.2 Å². The van der Waals surface area contributed by atoms with Gasteiger partial charge in [-0.25, -0.2) is 0 Å². The Hall–Kier alpha value is -1.39.